The molecular formula is C36H58NiO4. The Bertz CT molecular complexity index is 670. The van der Waals surface area contributed by atoms with Crippen LogP contribution in [0.15, 0.2) is 72.9 Å². The van der Waals surface area contributed by atoms with Gasteiger partial charge in [-0.05, 0) is 89.9 Å². The van der Waals surface area contributed by atoms with Crippen molar-refractivity contribution in [2.24, 2.45) is 0 Å². The van der Waals surface area contributed by atoms with E-state index in [1.165, 1.54) is 25.7 Å². The van der Waals surface area contributed by atoms with Crippen molar-refractivity contribution < 1.29 is 36.3 Å². The topological polar surface area (TPSA) is 80.3 Å². The normalized spacial score (nSPS) is 11.8. The van der Waals surface area contributed by atoms with Gasteiger partial charge in [0.15, 0.2) is 0 Å². The SMILES string of the molecule is CC/C=C\C/C=C\C/C=C\CCCCCCCC(=O)[O-].CC/C=C\C/C=C\C/C=C\CCCCCCCC(=O)[O-].[Ni+2]. The standard InChI is InChI=1S/2C18H30O2.Ni/c2*1-2-3-4-5-6-7-8-9-10-11-12-13-14-15-16-17-18(19)20;/h2*3-4,6-7,9-10H,2,5,8,11-17H2,1H3,(H,19,20);/q;;+2/p-2/b2*4-3-,7-6-,10-9-;. The number of aliphatic carboxylic acids is 2. The van der Waals surface area contributed by atoms with Crippen molar-refractivity contribution >= 4 is 11.9 Å². The van der Waals surface area contributed by atoms with Crippen LogP contribution in [0.3, 0.4) is 0 Å². The molecule has 0 saturated heterocycles. The molecule has 0 aliphatic carbocycles. The first kappa shape index (κ1) is 43.3. The second-order valence-corrected chi connectivity index (χ2v) is 9.94. The summed E-state index contributed by atoms with van der Waals surface area (Å²) in [4.78, 5) is 20.4. The number of carbonyl (C=O) groups is 2. The molecule has 0 saturated carbocycles. The second kappa shape index (κ2) is 40.0. The molecular weight excluding hydrogens is 555 g/mol. The minimum absolute atomic E-state index is 0. The first-order chi connectivity index (χ1) is 19.5. The van der Waals surface area contributed by atoms with Gasteiger partial charge in [0.2, 0.25) is 0 Å². The summed E-state index contributed by atoms with van der Waals surface area (Å²) in [7, 11) is 0. The maximum Gasteiger partial charge on any atom is 2.00 e. The molecule has 0 rings (SSSR count). The number of carbonyl (C=O) groups excluding carboxylic acids is 2. The molecule has 0 N–H and O–H groups in total. The van der Waals surface area contributed by atoms with Gasteiger partial charge in [-0.3, -0.25) is 0 Å². The average molecular weight is 614 g/mol. The zero-order chi connectivity index (χ0) is 29.8. The summed E-state index contributed by atoms with van der Waals surface area (Å²) in [5.74, 6) is -1.85. The summed E-state index contributed by atoms with van der Waals surface area (Å²) in [5.41, 5.74) is 0. The summed E-state index contributed by atoms with van der Waals surface area (Å²) < 4.78 is 0. The van der Waals surface area contributed by atoms with Gasteiger partial charge in [-0.15, -0.1) is 0 Å². The van der Waals surface area contributed by atoms with Gasteiger partial charge in [0.05, 0.1) is 0 Å². The van der Waals surface area contributed by atoms with E-state index in [2.05, 4.69) is 86.8 Å². The van der Waals surface area contributed by atoms with Gasteiger partial charge in [0, 0.05) is 11.9 Å². The largest absolute Gasteiger partial charge is 2.00 e. The molecule has 0 heterocycles. The van der Waals surface area contributed by atoms with Crippen LogP contribution in [0.25, 0.3) is 0 Å². The van der Waals surface area contributed by atoms with Crippen molar-refractivity contribution in [1.82, 2.24) is 0 Å². The van der Waals surface area contributed by atoms with Gasteiger partial charge >= 0.3 is 16.5 Å². The van der Waals surface area contributed by atoms with Crippen molar-refractivity contribution in [2.45, 2.75) is 142 Å². The van der Waals surface area contributed by atoms with Crippen LogP contribution in [0.4, 0.5) is 0 Å². The molecule has 41 heavy (non-hydrogen) atoms. The first-order valence-electron chi connectivity index (χ1n) is 15.8. The van der Waals surface area contributed by atoms with E-state index in [9.17, 15) is 19.8 Å². The van der Waals surface area contributed by atoms with E-state index in [1.54, 1.807) is 0 Å². The summed E-state index contributed by atoms with van der Waals surface area (Å²) in [6.07, 6.45) is 46.1. The fraction of sp³-hybridized carbons (Fsp3) is 0.611. The number of rotatable bonds is 26. The van der Waals surface area contributed by atoms with Crippen molar-refractivity contribution in [2.75, 3.05) is 0 Å². The third kappa shape index (κ3) is 48.0. The average Bonchev–Trinajstić information content (AvgIpc) is 2.93. The third-order valence-electron chi connectivity index (χ3n) is 6.06. The van der Waals surface area contributed by atoms with Crippen LogP contribution in [-0.4, -0.2) is 11.9 Å². The Balaban J connectivity index is -0.000000688. The number of hydrogen-bond acceptors (Lipinski definition) is 4. The molecule has 0 amide bonds. The Kier molecular flexibility index (Phi) is 42.3. The quantitative estimate of drug-likeness (QED) is 0.0556. The fourth-order valence-electron chi connectivity index (χ4n) is 3.78. The predicted octanol–water partition coefficient (Wildman–Crippen LogP) is 8.65. The van der Waals surface area contributed by atoms with E-state index in [1.807, 2.05) is 0 Å². The molecule has 0 unspecified atom stereocenters. The van der Waals surface area contributed by atoms with Crippen LogP contribution in [0.1, 0.15) is 142 Å². The van der Waals surface area contributed by atoms with Crippen molar-refractivity contribution in [1.29, 1.82) is 0 Å². The van der Waals surface area contributed by atoms with E-state index in [0.717, 1.165) is 89.9 Å². The summed E-state index contributed by atoms with van der Waals surface area (Å²) in [6.45, 7) is 4.29. The summed E-state index contributed by atoms with van der Waals surface area (Å²) in [6, 6.07) is 0. The van der Waals surface area contributed by atoms with Crippen LogP contribution in [-0.2, 0) is 26.1 Å². The number of unbranched alkanes of at least 4 members (excludes halogenated alkanes) is 10. The summed E-state index contributed by atoms with van der Waals surface area (Å²) in [5, 5.41) is 20.4. The first-order valence-corrected chi connectivity index (χ1v) is 15.8. The Morgan fingerprint density at radius 1 is 0.415 bits per heavy atom. The van der Waals surface area contributed by atoms with Gasteiger partial charge in [0.1, 0.15) is 0 Å². The molecule has 0 spiro atoms. The second-order valence-electron chi connectivity index (χ2n) is 9.94. The molecule has 0 radical (unpaired) electrons. The smallest absolute Gasteiger partial charge is 0.550 e. The van der Waals surface area contributed by atoms with E-state index in [4.69, 9.17) is 0 Å². The predicted molar refractivity (Wildman–Crippen MR) is 169 cm³/mol. The molecule has 0 aromatic heterocycles. The Hall–Kier alpha value is -2.13. The van der Waals surface area contributed by atoms with Gasteiger partial charge in [-0.1, -0.05) is 125 Å². The maximum absolute atomic E-state index is 10.2. The number of carboxylic acids is 2. The molecule has 0 aromatic carbocycles. The van der Waals surface area contributed by atoms with E-state index >= 15 is 0 Å². The van der Waals surface area contributed by atoms with Crippen molar-refractivity contribution in [3.8, 4) is 0 Å². The van der Waals surface area contributed by atoms with E-state index in [-0.39, 0.29) is 29.3 Å². The van der Waals surface area contributed by atoms with Crippen LogP contribution in [0.5, 0.6) is 0 Å². The molecule has 4 nitrogen and oxygen atoms in total. The third-order valence-corrected chi connectivity index (χ3v) is 6.06. The van der Waals surface area contributed by atoms with Crippen molar-refractivity contribution in [3.05, 3.63) is 72.9 Å². The molecule has 0 fully saturated rings. The molecule has 0 aliphatic heterocycles. The van der Waals surface area contributed by atoms with Crippen LogP contribution in [0, 0.1) is 0 Å². The van der Waals surface area contributed by atoms with E-state index in [0.29, 0.717) is 0 Å². The molecule has 236 valence electrons. The zero-order valence-electron chi connectivity index (χ0n) is 26.0. The van der Waals surface area contributed by atoms with E-state index < -0.39 is 11.9 Å². The number of carboxylic acid groups (broad SMARTS) is 2. The zero-order valence-corrected chi connectivity index (χ0v) is 27.0. The minimum atomic E-state index is -0.925. The fourth-order valence-corrected chi connectivity index (χ4v) is 3.78. The van der Waals surface area contributed by atoms with Crippen LogP contribution < -0.4 is 10.2 Å². The van der Waals surface area contributed by atoms with Crippen LogP contribution >= 0.6 is 0 Å². The molecule has 0 aliphatic rings. The molecule has 0 atom stereocenters. The molecule has 5 heteroatoms. The Morgan fingerprint density at radius 2 is 0.683 bits per heavy atom. The number of allylic oxidation sites excluding steroid dienone is 12. The van der Waals surface area contributed by atoms with Gasteiger partial charge < -0.3 is 19.8 Å². The maximum atomic E-state index is 10.2. The van der Waals surface area contributed by atoms with Crippen molar-refractivity contribution in [3.63, 3.8) is 0 Å². The minimum Gasteiger partial charge on any atom is -0.550 e. The van der Waals surface area contributed by atoms with Gasteiger partial charge in [0.25, 0.3) is 0 Å². The Morgan fingerprint density at radius 3 is 1.00 bits per heavy atom. The molecule has 0 aromatic rings. The van der Waals surface area contributed by atoms with Crippen LogP contribution in [0.2, 0.25) is 0 Å². The monoisotopic (exact) mass is 612 g/mol. The summed E-state index contributed by atoms with van der Waals surface area (Å²) >= 11 is 0. The number of hydrogen-bond donors (Lipinski definition) is 0. The molecule has 0 bridgehead atoms. The van der Waals surface area contributed by atoms with Gasteiger partial charge in [-0.2, -0.15) is 0 Å². The Labute approximate surface area is 262 Å². The van der Waals surface area contributed by atoms with Gasteiger partial charge in [-0.25, -0.2) is 0 Å².